The zero-order valence-corrected chi connectivity index (χ0v) is 13.3. The zero-order valence-electron chi connectivity index (χ0n) is 10.9. The summed E-state index contributed by atoms with van der Waals surface area (Å²) in [4.78, 5) is 13.7. The first-order valence-corrected chi connectivity index (χ1v) is 7.03. The molecule has 1 aromatic carbocycles. The Labute approximate surface area is 132 Å². The van der Waals surface area contributed by atoms with Gasteiger partial charge in [0.2, 0.25) is 5.91 Å². The number of hydrogen-bond acceptors (Lipinski definition) is 2. The summed E-state index contributed by atoms with van der Waals surface area (Å²) in [5.41, 5.74) is 6.19. The number of piperidine rings is 1. The molecule has 1 aromatic rings. The number of nitrogens with two attached hydrogens (primary N) is 1. The van der Waals surface area contributed by atoms with E-state index >= 15 is 0 Å². The van der Waals surface area contributed by atoms with Crippen molar-refractivity contribution in [2.75, 3.05) is 13.1 Å². The number of nitrogens with zero attached hydrogens (tertiary/aromatic N) is 1. The van der Waals surface area contributed by atoms with Crippen molar-refractivity contribution in [2.24, 2.45) is 5.73 Å². The summed E-state index contributed by atoms with van der Waals surface area (Å²) in [6, 6.07) is 4.83. The second-order valence-electron chi connectivity index (χ2n) is 4.66. The standard InChI is InChI=1S/C14H16BrFN2O.ClH/c15-11-2-3-13(16)10(9-11)1-4-14(19)18-7-5-12(17)6-8-18;/h1-4,9,12H,5-8,17H2;1H/b4-1+;. The van der Waals surface area contributed by atoms with Crippen LogP contribution in [0.2, 0.25) is 0 Å². The Morgan fingerprint density at radius 1 is 1.40 bits per heavy atom. The van der Waals surface area contributed by atoms with Crippen LogP contribution in [-0.2, 0) is 4.79 Å². The fraction of sp³-hybridized carbons (Fsp3) is 0.357. The fourth-order valence-corrected chi connectivity index (χ4v) is 2.41. The number of carbonyl (C=O) groups is 1. The molecule has 0 bridgehead atoms. The highest BCUT2D eigenvalue weighted by molar-refractivity contribution is 9.10. The van der Waals surface area contributed by atoms with E-state index in [1.54, 1.807) is 17.0 Å². The molecule has 3 nitrogen and oxygen atoms in total. The third kappa shape index (κ3) is 4.58. The van der Waals surface area contributed by atoms with Gasteiger partial charge in [0.25, 0.3) is 0 Å². The van der Waals surface area contributed by atoms with Gasteiger partial charge in [-0.25, -0.2) is 4.39 Å². The van der Waals surface area contributed by atoms with E-state index in [-0.39, 0.29) is 30.2 Å². The molecule has 1 saturated heterocycles. The van der Waals surface area contributed by atoms with E-state index in [0.717, 1.165) is 17.3 Å². The van der Waals surface area contributed by atoms with Gasteiger partial charge >= 0.3 is 0 Å². The largest absolute Gasteiger partial charge is 0.339 e. The molecule has 1 aliphatic rings. The Balaban J connectivity index is 0.00000200. The molecule has 1 aliphatic heterocycles. The van der Waals surface area contributed by atoms with Gasteiger partial charge in [0, 0.05) is 35.2 Å². The van der Waals surface area contributed by atoms with Crippen LogP contribution in [0.5, 0.6) is 0 Å². The summed E-state index contributed by atoms with van der Waals surface area (Å²) in [5, 5.41) is 0. The molecule has 0 unspecified atom stereocenters. The van der Waals surface area contributed by atoms with Crippen LogP contribution in [0.3, 0.4) is 0 Å². The van der Waals surface area contributed by atoms with Crippen molar-refractivity contribution in [3.05, 3.63) is 40.1 Å². The Morgan fingerprint density at radius 3 is 2.70 bits per heavy atom. The molecule has 1 fully saturated rings. The Bertz CT molecular complexity index is 502. The van der Waals surface area contributed by atoms with Crippen molar-refractivity contribution in [2.45, 2.75) is 18.9 Å². The molecule has 1 heterocycles. The Kier molecular flexibility index (Phi) is 6.65. The van der Waals surface area contributed by atoms with Crippen LogP contribution in [0.15, 0.2) is 28.7 Å². The van der Waals surface area contributed by atoms with Crippen molar-refractivity contribution >= 4 is 40.3 Å². The summed E-state index contributed by atoms with van der Waals surface area (Å²) >= 11 is 3.28. The summed E-state index contributed by atoms with van der Waals surface area (Å²) < 4.78 is 14.3. The average molecular weight is 364 g/mol. The molecule has 6 heteroatoms. The van der Waals surface area contributed by atoms with Crippen LogP contribution >= 0.6 is 28.3 Å². The van der Waals surface area contributed by atoms with Gasteiger partial charge in [-0.05, 0) is 37.1 Å². The lowest BCUT2D eigenvalue weighted by Gasteiger charge is -2.29. The quantitative estimate of drug-likeness (QED) is 0.821. The van der Waals surface area contributed by atoms with Gasteiger partial charge in [0.15, 0.2) is 0 Å². The van der Waals surface area contributed by atoms with E-state index in [4.69, 9.17) is 5.73 Å². The highest BCUT2D eigenvalue weighted by atomic mass is 79.9. The first kappa shape index (κ1) is 17.1. The number of amides is 1. The Hall–Kier alpha value is -0.910. The second kappa shape index (κ2) is 7.76. The van der Waals surface area contributed by atoms with Gasteiger partial charge in [-0.2, -0.15) is 0 Å². The monoisotopic (exact) mass is 362 g/mol. The van der Waals surface area contributed by atoms with E-state index in [2.05, 4.69) is 15.9 Å². The van der Waals surface area contributed by atoms with E-state index in [1.807, 2.05) is 0 Å². The second-order valence-corrected chi connectivity index (χ2v) is 5.58. The van der Waals surface area contributed by atoms with E-state index < -0.39 is 0 Å². The molecule has 0 saturated carbocycles. The van der Waals surface area contributed by atoms with Crippen LogP contribution in [0, 0.1) is 5.82 Å². The van der Waals surface area contributed by atoms with Gasteiger partial charge in [0.1, 0.15) is 5.82 Å². The molecule has 110 valence electrons. The van der Waals surface area contributed by atoms with Crippen molar-refractivity contribution in [3.63, 3.8) is 0 Å². The van der Waals surface area contributed by atoms with Crippen molar-refractivity contribution in [3.8, 4) is 0 Å². The Morgan fingerprint density at radius 2 is 2.05 bits per heavy atom. The molecule has 2 N–H and O–H groups in total. The molecule has 2 rings (SSSR count). The summed E-state index contributed by atoms with van der Waals surface area (Å²) in [7, 11) is 0. The molecule has 0 aliphatic carbocycles. The minimum Gasteiger partial charge on any atom is -0.339 e. The molecule has 1 amide bonds. The molecular formula is C14H17BrClFN2O. The lowest BCUT2D eigenvalue weighted by atomic mass is 10.1. The number of hydrogen-bond donors (Lipinski definition) is 1. The molecule has 0 spiro atoms. The third-order valence-electron chi connectivity index (χ3n) is 3.21. The van der Waals surface area contributed by atoms with Gasteiger partial charge < -0.3 is 10.6 Å². The maximum absolute atomic E-state index is 13.5. The number of rotatable bonds is 2. The molecule has 20 heavy (non-hydrogen) atoms. The SMILES string of the molecule is Cl.NC1CCN(C(=O)/C=C/c2cc(Br)ccc2F)CC1. The molecule has 0 radical (unpaired) electrons. The highest BCUT2D eigenvalue weighted by Crippen LogP contribution is 2.17. The van der Waals surface area contributed by atoms with Crippen LogP contribution in [-0.4, -0.2) is 29.9 Å². The summed E-state index contributed by atoms with van der Waals surface area (Å²) in [6.45, 7) is 1.34. The number of halogens is 3. The maximum atomic E-state index is 13.5. The number of likely N-dealkylation sites (tertiary alicyclic amines) is 1. The van der Waals surface area contributed by atoms with Gasteiger partial charge in [-0.1, -0.05) is 15.9 Å². The van der Waals surface area contributed by atoms with Crippen LogP contribution in [0.4, 0.5) is 4.39 Å². The normalized spacial score (nSPS) is 16.2. The van der Waals surface area contributed by atoms with Crippen molar-refractivity contribution in [1.82, 2.24) is 4.90 Å². The van der Waals surface area contributed by atoms with E-state index in [9.17, 15) is 9.18 Å². The lowest BCUT2D eigenvalue weighted by molar-refractivity contribution is -0.126. The molecule has 0 atom stereocenters. The highest BCUT2D eigenvalue weighted by Gasteiger charge is 2.18. The predicted octanol–water partition coefficient (Wildman–Crippen LogP) is 2.97. The molecular weight excluding hydrogens is 347 g/mol. The van der Waals surface area contributed by atoms with Crippen molar-refractivity contribution in [1.29, 1.82) is 0 Å². The van der Waals surface area contributed by atoms with E-state index in [1.165, 1.54) is 18.2 Å². The van der Waals surface area contributed by atoms with Crippen molar-refractivity contribution < 1.29 is 9.18 Å². The fourth-order valence-electron chi connectivity index (χ4n) is 2.03. The van der Waals surface area contributed by atoms with E-state index in [0.29, 0.717) is 18.7 Å². The minimum absolute atomic E-state index is 0. The topological polar surface area (TPSA) is 46.3 Å². The van der Waals surface area contributed by atoms with Gasteiger partial charge in [0.05, 0.1) is 0 Å². The predicted molar refractivity (Wildman–Crippen MR) is 84.2 cm³/mol. The number of carbonyl (C=O) groups excluding carboxylic acids is 1. The van der Waals surface area contributed by atoms with Gasteiger partial charge in [-0.3, -0.25) is 4.79 Å². The third-order valence-corrected chi connectivity index (χ3v) is 3.71. The maximum Gasteiger partial charge on any atom is 0.246 e. The van der Waals surface area contributed by atoms with Crippen LogP contribution in [0.25, 0.3) is 6.08 Å². The molecule has 0 aromatic heterocycles. The first-order chi connectivity index (χ1) is 9.06. The lowest BCUT2D eigenvalue weighted by Crippen LogP contribution is -2.42. The zero-order chi connectivity index (χ0) is 13.8. The number of benzene rings is 1. The summed E-state index contributed by atoms with van der Waals surface area (Å²) in [6.07, 6.45) is 4.58. The first-order valence-electron chi connectivity index (χ1n) is 6.24. The van der Waals surface area contributed by atoms with Crippen LogP contribution < -0.4 is 5.73 Å². The van der Waals surface area contributed by atoms with Crippen LogP contribution in [0.1, 0.15) is 18.4 Å². The minimum atomic E-state index is -0.340. The average Bonchev–Trinajstić information content (AvgIpc) is 2.40. The van der Waals surface area contributed by atoms with Gasteiger partial charge in [-0.15, -0.1) is 12.4 Å². The summed E-state index contributed by atoms with van der Waals surface area (Å²) in [5.74, 6) is -0.431. The smallest absolute Gasteiger partial charge is 0.246 e.